The monoisotopic (exact) mass is 330 g/mol. The van der Waals surface area contributed by atoms with Gasteiger partial charge in [-0.05, 0) is 86.9 Å². The van der Waals surface area contributed by atoms with Crippen LogP contribution in [0, 0.1) is 34.0 Å². The Morgan fingerprint density at radius 1 is 1.08 bits per heavy atom. The summed E-state index contributed by atoms with van der Waals surface area (Å²) in [6.07, 6.45) is 11.3. The first-order chi connectivity index (χ1) is 11.2. The summed E-state index contributed by atoms with van der Waals surface area (Å²) < 4.78 is 0. The van der Waals surface area contributed by atoms with Crippen molar-refractivity contribution >= 4 is 5.78 Å². The van der Waals surface area contributed by atoms with Crippen LogP contribution in [-0.2, 0) is 4.79 Å². The van der Waals surface area contributed by atoms with E-state index >= 15 is 0 Å². The first-order valence-electron chi connectivity index (χ1n) is 10.1. The summed E-state index contributed by atoms with van der Waals surface area (Å²) in [6.45, 7) is 8.97. The first-order valence-corrected chi connectivity index (χ1v) is 10.1. The van der Waals surface area contributed by atoms with E-state index in [1.807, 2.05) is 6.92 Å². The lowest BCUT2D eigenvalue weighted by Crippen LogP contribution is -2.53. The molecule has 0 aromatic carbocycles. The number of rotatable bonds is 1. The van der Waals surface area contributed by atoms with Crippen LogP contribution in [0.5, 0.6) is 0 Å². The number of ketones is 1. The van der Waals surface area contributed by atoms with E-state index in [1.54, 1.807) is 5.57 Å². The Labute approximate surface area is 147 Å². The molecular weight excluding hydrogens is 296 g/mol. The van der Waals surface area contributed by atoms with Crippen molar-refractivity contribution in [1.29, 1.82) is 0 Å². The fraction of sp³-hybridized carbons (Fsp3) is 0.864. The zero-order valence-corrected chi connectivity index (χ0v) is 15.9. The summed E-state index contributed by atoms with van der Waals surface area (Å²) in [5.41, 5.74) is 1.92. The highest BCUT2D eigenvalue weighted by Crippen LogP contribution is 2.69. The molecule has 0 spiro atoms. The molecule has 0 radical (unpaired) electrons. The third-order valence-electron chi connectivity index (χ3n) is 9.46. The van der Waals surface area contributed by atoms with Gasteiger partial charge in [-0.25, -0.2) is 0 Å². The van der Waals surface area contributed by atoms with Crippen molar-refractivity contribution < 1.29 is 9.90 Å². The molecule has 4 aliphatic rings. The van der Waals surface area contributed by atoms with Gasteiger partial charge in [0.15, 0.2) is 0 Å². The number of fused-ring (bicyclic) bond motifs is 5. The van der Waals surface area contributed by atoms with Crippen molar-refractivity contribution in [3.8, 4) is 0 Å². The number of allylic oxidation sites excluding steroid dienone is 1. The molecular formula is C22H34O2. The standard InChI is InChI=1S/C22H34O2/c1-14(23)21(3)11-9-19-17-6-5-15-13-16(24)7-10-20(15,2)18(17)8-12-22(19,21)4/h5,16-19,24H,6-13H2,1-4H3/t16-,17?,18?,19?,20?,21+,22-/m0/s1. The van der Waals surface area contributed by atoms with Crippen molar-refractivity contribution in [3.63, 3.8) is 0 Å². The van der Waals surface area contributed by atoms with E-state index in [0.29, 0.717) is 17.1 Å². The molecule has 2 heteroatoms. The summed E-state index contributed by atoms with van der Waals surface area (Å²) in [6, 6.07) is 0. The fourth-order valence-corrected chi connectivity index (χ4v) is 7.49. The molecule has 0 aromatic rings. The minimum Gasteiger partial charge on any atom is -0.393 e. The number of carbonyl (C=O) groups is 1. The van der Waals surface area contributed by atoms with Crippen molar-refractivity contribution in [3.05, 3.63) is 11.6 Å². The Morgan fingerprint density at radius 2 is 1.79 bits per heavy atom. The topological polar surface area (TPSA) is 37.3 Å². The number of hydrogen-bond acceptors (Lipinski definition) is 2. The van der Waals surface area contributed by atoms with Gasteiger partial charge in [0.1, 0.15) is 5.78 Å². The van der Waals surface area contributed by atoms with Gasteiger partial charge in [0.25, 0.3) is 0 Å². The van der Waals surface area contributed by atoms with Crippen molar-refractivity contribution in [2.24, 2.45) is 34.0 Å². The smallest absolute Gasteiger partial charge is 0.136 e. The van der Waals surface area contributed by atoms with Crippen LogP contribution in [0.2, 0.25) is 0 Å². The lowest BCUT2D eigenvalue weighted by atomic mass is 9.45. The minimum absolute atomic E-state index is 0.115. The predicted octanol–water partition coefficient (Wildman–Crippen LogP) is 4.91. The molecule has 3 saturated carbocycles. The maximum atomic E-state index is 12.5. The van der Waals surface area contributed by atoms with Gasteiger partial charge in [-0.2, -0.15) is 0 Å². The molecule has 0 heterocycles. The predicted molar refractivity (Wildman–Crippen MR) is 96.5 cm³/mol. The molecule has 2 nitrogen and oxygen atoms in total. The van der Waals surface area contributed by atoms with Gasteiger partial charge in [0.05, 0.1) is 6.10 Å². The molecule has 0 saturated heterocycles. The highest BCUT2D eigenvalue weighted by Gasteiger charge is 2.63. The van der Waals surface area contributed by atoms with Crippen LogP contribution in [0.3, 0.4) is 0 Å². The SMILES string of the molecule is CC(=O)[C@@]1(C)CCC2C3CC=C4C[C@@H](O)CCC4(C)C3CC[C@@]21C. The van der Waals surface area contributed by atoms with E-state index in [2.05, 4.69) is 26.8 Å². The molecule has 134 valence electrons. The van der Waals surface area contributed by atoms with Crippen LogP contribution in [0.1, 0.15) is 79.1 Å². The number of aliphatic hydroxyl groups is 1. The van der Waals surface area contributed by atoms with Gasteiger partial charge < -0.3 is 5.11 Å². The Kier molecular flexibility index (Phi) is 3.64. The lowest BCUT2D eigenvalue weighted by Gasteiger charge is -2.59. The molecule has 1 N–H and O–H groups in total. The van der Waals surface area contributed by atoms with Crippen LogP contribution in [0.15, 0.2) is 11.6 Å². The summed E-state index contributed by atoms with van der Waals surface area (Å²) in [5.74, 6) is 2.61. The van der Waals surface area contributed by atoms with E-state index < -0.39 is 0 Å². The van der Waals surface area contributed by atoms with Gasteiger partial charge in [-0.1, -0.05) is 32.4 Å². The molecule has 0 aromatic heterocycles. The molecule has 3 fully saturated rings. The molecule has 4 unspecified atom stereocenters. The normalized spacial score (nSPS) is 53.6. The maximum absolute atomic E-state index is 12.5. The third-order valence-corrected chi connectivity index (χ3v) is 9.46. The molecule has 4 aliphatic carbocycles. The summed E-state index contributed by atoms with van der Waals surface area (Å²) in [5, 5.41) is 10.1. The van der Waals surface area contributed by atoms with Crippen LogP contribution in [0.4, 0.5) is 0 Å². The highest BCUT2D eigenvalue weighted by molar-refractivity contribution is 5.83. The quantitative estimate of drug-likeness (QED) is 0.694. The zero-order valence-electron chi connectivity index (χ0n) is 15.9. The van der Waals surface area contributed by atoms with E-state index in [9.17, 15) is 9.90 Å². The fourth-order valence-electron chi connectivity index (χ4n) is 7.49. The maximum Gasteiger partial charge on any atom is 0.136 e. The number of hydrogen-bond donors (Lipinski definition) is 1. The van der Waals surface area contributed by atoms with Gasteiger partial charge >= 0.3 is 0 Å². The Hall–Kier alpha value is -0.630. The molecule has 24 heavy (non-hydrogen) atoms. The second-order valence-corrected chi connectivity index (χ2v) is 10.0. The zero-order chi connectivity index (χ0) is 17.3. The minimum atomic E-state index is -0.123. The molecule has 0 aliphatic heterocycles. The van der Waals surface area contributed by atoms with Gasteiger partial charge in [0.2, 0.25) is 0 Å². The summed E-state index contributed by atoms with van der Waals surface area (Å²) in [4.78, 5) is 12.5. The number of Topliss-reactive ketones (excluding diaryl/α,β-unsaturated/α-hetero) is 1. The summed E-state index contributed by atoms with van der Waals surface area (Å²) in [7, 11) is 0. The van der Waals surface area contributed by atoms with Crippen molar-refractivity contribution in [1.82, 2.24) is 0 Å². The molecule has 4 rings (SSSR count). The third kappa shape index (κ3) is 1.95. The second kappa shape index (κ2) is 5.19. The van der Waals surface area contributed by atoms with E-state index in [4.69, 9.17) is 0 Å². The van der Waals surface area contributed by atoms with Crippen molar-refractivity contribution in [2.75, 3.05) is 0 Å². The van der Waals surface area contributed by atoms with Crippen LogP contribution in [-0.4, -0.2) is 17.0 Å². The van der Waals surface area contributed by atoms with E-state index in [-0.39, 0.29) is 16.9 Å². The average molecular weight is 331 g/mol. The largest absolute Gasteiger partial charge is 0.393 e. The molecule has 0 amide bonds. The van der Waals surface area contributed by atoms with Gasteiger partial charge in [-0.15, -0.1) is 0 Å². The lowest BCUT2D eigenvalue weighted by molar-refractivity contribution is -0.138. The average Bonchev–Trinajstić information content (AvgIpc) is 2.81. The first kappa shape index (κ1) is 16.8. The van der Waals surface area contributed by atoms with E-state index in [1.165, 1.54) is 25.7 Å². The molecule has 0 bridgehead atoms. The Bertz CT molecular complexity index is 593. The molecule has 7 atom stereocenters. The second-order valence-electron chi connectivity index (χ2n) is 10.0. The highest BCUT2D eigenvalue weighted by atomic mass is 16.3. The Morgan fingerprint density at radius 3 is 2.50 bits per heavy atom. The van der Waals surface area contributed by atoms with Crippen molar-refractivity contribution in [2.45, 2.75) is 85.2 Å². The van der Waals surface area contributed by atoms with Crippen LogP contribution < -0.4 is 0 Å². The van der Waals surface area contributed by atoms with Gasteiger partial charge in [-0.3, -0.25) is 4.79 Å². The number of carbonyl (C=O) groups excluding carboxylic acids is 1. The Balaban J connectivity index is 1.69. The van der Waals surface area contributed by atoms with E-state index in [0.717, 1.165) is 37.5 Å². The van der Waals surface area contributed by atoms with Gasteiger partial charge in [0, 0.05) is 5.41 Å². The summed E-state index contributed by atoms with van der Waals surface area (Å²) >= 11 is 0. The number of aliphatic hydroxyl groups excluding tert-OH is 1. The van der Waals surface area contributed by atoms with Crippen LogP contribution >= 0.6 is 0 Å². The van der Waals surface area contributed by atoms with Crippen LogP contribution in [0.25, 0.3) is 0 Å².